The first-order valence-corrected chi connectivity index (χ1v) is 7.47. The monoisotopic (exact) mass is 314 g/mol. The molecule has 1 nitrogen and oxygen atoms in total. The van der Waals surface area contributed by atoms with Gasteiger partial charge in [-0.3, -0.25) is 0 Å². The largest absolute Gasteiger partial charge is 0.392 e. The molecule has 0 spiro atoms. The molecule has 1 atom stereocenters. The van der Waals surface area contributed by atoms with E-state index in [0.717, 1.165) is 28.8 Å². The van der Waals surface area contributed by atoms with E-state index in [4.69, 9.17) is 0 Å². The fourth-order valence-electron chi connectivity index (χ4n) is 2.75. The number of halogens is 2. The third kappa shape index (κ3) is 3.55. The van der Waals surface area contributed by atoms with E-state index in [1.54, 1.807) is 6.07 Å². The number of aliphatic hydroxyl groups excluding tert-OH is 1. The lowest BCUT2D eigenvalue weighted by molar-refractivity contribution is 0.0759. The van der Waals surface area contributed by atoms with Crippen molar-refractivity contribution in [2.75, 3.05) is 0 Å². The van der Waals surface area contributed by atoms with Crippen LogP contribution in [0.5, 0.6) is 0 Å². The van der Waals surface area contributed by atoms with Crippen molar-refractivity contribution in [3.8, 4) is 0 Å². The van der Waals surface area contributed by atoms with Gasteiger partial charge in [-0.25, -0.2) is 4.39 Å². The third-order valence-corrected chi connectivity index (χ3v) is 4.79. The molecule has 2 rings (SSSR count). The lowest BCUT2D eigenvalue weighted by atomic mass is 9.79. The van der Waals surface area contributed by atoms with Crippen LogP contribution in [0.3, 0.4) is 0 Å². The van der Waals surface area contributed by atoms with Crippen molar-refractivity contribution < 1.29 is 9.50 Å². The van der Waals surface area contributed by atoms with Gasteiger partial charge in [0.05, 0.1) is 6.10 Å². The average molecular weight is 315 g/mol. The normalized spacial score (nSPS) is 26.0. The van der Waals surface area contributed by atoms with E-state index < -0.39 is 0 Å². The summed E-state index contributed by atoms with van der Waals surface area (Å²) in [5.41, 5.74) is 0.988. The van der Waals surface area contributed by atoms with Crippen LogP contribution in [0.4, 0.5) is 4.39 Å². The Labute approximate surface area is 117 Å². The van der Waals surface area contributed by atoms with E-state index >= 15 is 0 Å². The molecule has 1 saturated carbocycles. The molecule has 0 heterocycles. The summed E-state index contributed by atoms with van der Waals surface area (Å²) in [6.45, 7) is 2.28. The van der Waals surface area contributed by atoms with Gasteiger partial charge in [0.1, 0.15) is 5.82 Å². The van der Waals surface area contributed by atoms with Gasteiger partial charge in [-0.2, -0.15) is 0 Å². The Morgan fingerprint density at radius 1 is 1.33 bits per heavy atom. The highest BCUT2D eigenvalue weighted by Crippen LogP contribution is 2.32. The Morgan fingerprint density at radius 2 is 2.00 bits per heavy atom. The van der Waals surface area contributed by atoms with E-state index in [2.05, 4.69) is 22.9 Å². The van der Waals surface area contributed by atoms with Gasteiger partial charge < -0.3 is 5.11 Å². The molecule has 1 aromatic rings. The van der Waals surface area contributed by atoms with Crippen molar-refractivity contribution in [1.29, 1.82) is 0 Å². The van der Waals surface area contributed by atoms with Crippen LogP contribution in [0.2, 0.25) is 0 Å². The molecular weight excluding hydrogens is 295 g/mol. The molecule has 1 aromatic carbocycles. The third-order valence-electron chi connectivity index (χ3n) is 4.05. The molecule has 0 aromatic heterocycles. The molecule has 0 aliphatic heterocycles. The van der Waals surface area contributed by atoms with E-state index in [9.17, 15) is 9.50 Å². The second kappa shape index (κ2) is 6.16. The molecule has 0 bridgehead atoms. The van der Waals surface area contributed by atoms with Gasteiger partial charge in [-0.05, 0) is 48.8 Å². The summed E-state index contributed by atoms with van der Waals surface area (Å²) in [6.07, 6.45) is 4.96. The number of hydrogen-bond donors (Lipinski definition) is 1. The standard InChI is InChI=1S/C15H20BrFO/c1-10-2-4-11(5-3-10)15(18)8-12-6-7-13(17)9-14(12)16/h6-7,9-11,15,18H,2-5,8H2,1H3. The first kappa shape index (κ1) is 14.0. The van der Waals surface area contributed by atoms with Crippen LogP contribution < -0.4 is 0 Å². The summed E-state index contributed by atoms with van der Waals surface area (Å²) in [7, 11) is 0. The van der Waals surface area contributed by atoms with Crippen molar-refractivity contribution in [2.45, 2.75) is 45.1 Å². The maximum absolute atomic E-state index is 13.0. The molecule has 1 unspecified atom stereocenters. The molecule has 0 amide bonds. The van der Waals surface area contributed by atoms with Crippen LogP contribution in [-0.4, -0.2) is 11.2 Å². The minimum absolute atomic E-state index is 0.244. The predicted octanol–water partition coefficient (Wildman–Crippen LogP) is 4.32. The molecule has 0 radical (unpaired) electrons. The maximum atomic E-state index is 13.0. The van der Waals surface area contributed by atoms with E-state index in [-0.39, 0.29) is 11.9 Å². The molecule has 0 saturated heterocycles. The Bertz CT molecular complexity index is 399. The SMILES string of the molecule is CC1CCC(C(O)Cc2ccc(F)cc2Br)CC1. The Hall–Kier alpha value is -0.410. The Kier molecular flexibility index (Phi) is 4.79. The summed E-state index contributed by atoms with van der Waals surface area (Å²) in [4.78, 5) is 0. The van der Waals surface area contributed by atoms with Gasteiger partial charge in [-0.15, -0.1) is 0 Å². The Morgan fingerprint density at radius 3 is 2.61 bits per heavy atom. The fourth-order valence-corrected chi connectivity index (χ4v) is 3.26. The van der Waals surface area contributed by atoms with Crippen LogP contribution in [0.25, 0.3) is 0 Å². The van der Waals surface area contributed by atoms with Crippen LogP contribution in [-0.2, 0) is 6.42 Å². The van der Waals surface area contributed by atoms with Crippen molar-refractivity contribution in [1.82, 2.24) is 0 Å². The first-order chi connectivity index (χ1) is 8.56. The fraction of sp³-hybridized carbons (Fsp3) is 0.600. The minimum atomic E-state index is -0.306. The van der Waals surface area contributed by atoms with Gasteiger partial charge in [0, 0.05) is 4.47 Å². The van der Waals surface area contributed by atoms with Crippen molar-refractivity contribution in [3.05, 3.63) is 34.1 Å². The molecule has 1 aliphatic rings. The predicted molar refractivity (Wildman–Crippen MR) is 74.9 cm³/mol. The van der Waals surface area contributed by atoms with Crippen molar-refractivity contribution in [2.24, 2.45) is 11.8 Å². The summed E-state index contributed by atoms with van der Waals surface area (Å²) in [6, 6.07) is 4.68. The number of hydrogen-bond acceptors (Lipinski definition) is 1. The Balaban J connectivity index is 1.96. The van der Waals surface area contributed by atoms with E-state index in [1.807, 2.05) is 0 Å². The second-order valence-corrected chi connectivity index (χ2v) is 6.38. The molecule has 100 valence electrons. The van der Waals surface area contributed by atoms with Crippen molar-refractivity contribution in [3.63, 3.8) is 0 Å². The molecule has 18 heavy (non-hydrogen) atoms. The molecule has 1 N–H and O–H groups in total. The smallest absolute Gasteiger partial charge is 0.124 e. The zero-order valence-electron chi connectivity index (χ0n) is 10.7. The second-order valence-electron chi connectivity index (χ2n) is 5.53. The van der Waals surface area contributed by atoms with Crippen LogP contribution in [0.1, 0.15) is 38.2 Å². The quantitative estimate of drug-likeness (QED) is 0.881. The summed E-state index contributed by atoms with van der Waals surface area (Å²) in [5.74, 6) is 0.954. The van der Waals surface area contributed by atoms with Crippen LogP contribution in [0, 0.1) is 17.7 Å². The molecular formula is C15H20BrFO. The van der Waals surface area contributed by atoms with Gasteiger partial charge in [0.25, 0.3) is 0 Å². The van der Waals surface area contributed by atoms with Gasteiger partial charge in [0.15, 0.2) is 0 Å². The topological polar surface area (TPSA) is 20.2 Å². The van der Waals surface area contributed by atoms with E-state index in [0.29, 0.717) is 12.3 Å². The van der Waals surface area contributed by atoms with Gasteiger partial charge in [0.2, 0.25) is 0 Å². The number of rotatable bonds is 3. The molecule has 3 heteroatoms. The van der Waals surface area contributed by atoms with E-state index in [1.165, 1.54) is 25.0 Å². The number of benzene rings is 1. The average Bonchev–Trinajstić information content (AvgIpc) is 2.33. The summed E-state index contributed by atoms with van der Waals surface area (Å²) < 4.78 is 13.7. The maximum Gasteiger partial charge on any atom is 0.124 e. The van der Waals surface area contributed by atoms with Crippen LogP contribution >= 0.6 is 15.9 Å². The zero-order valence-corrected chi connectivity index (χ0v) is 12.3. The van der Waals surface area contributed by atoms with Gasteiger partial charge in [-0.1, -0.05) is 41.8 Å². The lowest BCUT2D eigenvalue weighted by Gasteiger charge is -2.30. The summed E-state index contributed by atoms with van der Waals surface area (Å²) >= 11 is 3.36. The zero-order chi connectivity index (χ0) is 13.1. The first-order valence-electron chi connectivity index (χ1n) is 6.68. The molecule has 1 fully saturated rings. The van der Waals surface area contributed by atoms with Crippen LogP contribution in [0.15, 0.2) is 22.7 Å². The minimum Gasteiger partial charge on any atom is -0.392 e. The number of aliphatic hydroxyl groups is 1. The lowest BCUT2D eigenvalue weighted by Crippen LogP contribution is -2.27. The highest BCUT2D eigenvalue weighted by Gasteiger charge is 2.25. The highest BCUT2D eigenvalue weighted by molar-refractivity contribution is 9.10. The molecule has 1 aliphatic carbocycles. The van der Waals surface area contributed by atoms with Crippen molar-refractivity contribution >= 4 is 15.9 Å². The summed E-state index contributed by atoms with van der Waals surface area (Å²) in [5, 5.41) is 10.3. The highest BCUT2D eigenvalue weighted by atomic mass is 79.9. The van der Waals surface area contributed by atoms with Gasteiger partial charge >= 0.3 is 0 Å².